The van der Waals surface area contributed by atoms with Gasteiger partial charge in [-0.15, -0.1) is 0 Å². The summed E-state index contributed by atoms with van der Waals surface area (Å²) in [5, 5.41) is 0. The highest BCUT2D eigenvalue weighted by Crippen LogP contribution is 2.34. The number of hydrogen-bond acceptors (Lipinski definition) is 3. The number of benzene rings is 1. The quantitative estimate of drug-likeness (QED) is 0.754. The molecule has 2 aliphatic heterocycles. The summed E-state index contributed by atoms with van der Waals surface area (Å²) in [7, 11) is 1.73. The number of nitrogens with zero attached hydrogens (tertiary/aromatic N) is 2. The molecule has 2 atom stereocenters. The Morgan fingerprint density at radius 2 is 1.93 bits per heavy atom. The number of rotatable bonds is 5. The lowest BCUT2D eigenvalue weighted by Gasteiger charge is -2.48. The van der Waals surface area contributed by atoms with E-state index in [1.165, 1.54) is 43.2 Å². The molecule has 3 aliphatic rings. The van der Waals surface area contributed by atoms with Crippen LogP contribution >= 0.6 is 0 Å². The van der Waals surface area contributed by atoms with Gasteiger partial charge in [0.15, 0.2) is 0 Å². The molecule has 2 saturated heterocycles. The molecule has 4 rings (SSSR count). The van der Waals surface area contributed by atoms with Gasteiger partial charge in [-0.3, -0.25) is 9.69 Å². The van der Waals surface area contributed by atoms with Crippen molar-refractivity contribution >= 4 is 5.91 Å². The van der Waals surface area contributed by atoms with E-state index in [1.807, 2.05) is 0 Å². The smallest absolute Gasteiger partial charge is 0.222 e. The maximum Gasteiger partial charge on any atom is 0.222 e. The molecule has 3 fully saturated rings. The van der Waals surface area contributed by atoms with Crippen molar-refractivity contribution in [1.29, 1.82) is 0 Å². The molecule has 0 radical (unpaired) electrons. The summed E-state index contributed by atoms with van der Waals surface area (Å²) in [5.41, 5.74) is 2.57. The molecule has 0 N–H and O–H groups in total. The molecule has 4 heteroatoms. The monoisotopic (exact) mass is 384 g/mol. The lowest BCUT2D eigenvalue weighted by atomic mass is 9.81. The topological polar surface area (TPSA) is 32.8 Å². The number of likely N-dealkylation sites (tertiary alicyclic amines) is 2. The summed E-state index contributed by atoms with van der Waals surface area (Å²) < 4.78 is 5.39. The molecular weight excluding hydrogens is 348 g/mol. The van der Waals surface area contributed by atoms with Crippen LogP contribution in [0.2, 0.25) is 0 Å². The number of hydrogen-bond donors (Lipinski definition) is 0. The van der Waals surface area contributed by atoms with Crippen LogP contribution in [0.25, 0.3) is 0 Å². The minimum absolute atomic E-state index is 0.422. The van der Waals surface area contributed by atoms with Crippen LogP contribution in [0.3, 0.4) is 0 Å². The van der Waals surface area contributed by atoms with Crippen LogP contribution in [0.4, 0.5) is 0 Å². The van der Waals surface area contributed by atoms with Crippen molar-refractivity contribution in [2.75, 3.05) is 26.7 Å². The third-order valence-corrected chi connectivity index (χ3v) is 7.27. The molecule has 0 spiro atoms. The average molecular weight is 385 g/mol. The number of piperidine rings is 2. The standard InChI is InChI=1S/C24H36N2O2/c1-18-14-20(8-10-23(18)28-2)15-25-13-12-22-21(17-25)9-11-24(27)26(22)16-19-6-4-3-5-7-19/h8,10,14,19,21-22H,3-7,9,11-13,15-17H2,1-2H3/t21-,22+/m0/s1. The SMILES string of the molecule is COc1ccc(CN2CC[C@@H]3[C@@H](CCC(=O)N3CC3CCCCC3)C2)cc1C. The zero-order chi connectivity index (χ0) is 19.5. The highest BCUT2D eigenvalue weighted by molar-refractivity contribution is 5.77. The number of carbonyl (C=O) groups is 1. The van der Waals surface area contributed by atoms with E-state index in [-0.39, 0.29) is 0 Å². The number of ether oxygens (including phenoxy) is 1. The second kappa shape index (κ2) is 8.86. The third-order valence-electron chi connectivity index (χ3n) is 7.27. The Kier molecular flexibility index (Phi) is 6.25. The minimum Gasteiger partial charge on any atom is -0.496 e. The van der Waals surface area contributed by atoms with Gasteiger partial charge in [0.05, 0.1) is 7.11 Å². The van der Waals surface area contributed by atoms with E-state index in [2.05, 4.69) is 34.9 Å². The van der Waals surface area contributed by atoms with Gasteiger partial charge in [0.2, 0.25) is 5.91 Å². The van der Waals surface area contributed by atoms with Gasteiger partial charge in [-0.2, -0.15) is 0 Å². The molecule has 1 amide bonds. The molecule has 2 heterocycles. The molecule has 0 unspecified atom stereocenters. The van der Waals surface area contributed by atoms with Gasteiger partial charge < -0.3 is 9.64 Å². The fraction of sp³-hybridized carbons (Fsp3) is 0.708. The first-order valence-corrected chi connectivity index (χ1v) is 11.3. The summed E-state index contributed by atoms with van der Waals surface area (Å²) in [6.45, 7) is 6.37. The van der Waals surface area contributed by atoms with Crippen LogP contribution in [0.15, 0.2) is 18.2 Å². The van der Waals surface area contributed by atoms with E-state index in [9.17, 15) is 4.79 Å². The van der Waals surface area contributed by atoms with E-state index < -0.39 is 0 Å². The number of fused-ring (bicyclic) bond motifs is 1. The van der Waals surface area contributed by atoms with Crippen molar-refractivity contribution in [3.8, 4) is 5.75 Å². The molecule has 0 aromatic heterocycles. The van der Waals surface area contributed by atoms with Gasteiger partial charge in [0.25, 0.3) is 0 Å². The zero-order valence-corrected chi connectivity index (χ0v) is 17.7. The first kappa shape index (κ1) is 19.8. The fourth-order valence-corrected chi connectivity index (χ4v) is 5.75. The summed E-state index contributed by atoms with van der Waals surface area (Å²) >= 11 is 0. The predicted molar refractivity (Wildman–Crippen MR) is 112 cm³/mol. The Bertz CT molecular complexity index is 683. The molecule has 0 bridgehead atoms. The molecule has 1 aromatic carbocycles. The number of methoxy groups -OCH3 is 1. The third kappa shape index (κ3) is 4.37. The predicted octanol–water partition coefficient (Wildman–Crippen LogP) is 4.40. The molecule has 28 heavy (non-hydrogen) atoms. The Labute approximate surface area is 170 Å². The lowest BCUT2D eigenvalue weighted by Crippen LogP contribution is -2.56. The summed E-state index contributed by atoms with van der Waals surface area (Å²) in [6, 6.07) is 7.02. The van der Waals surface area contributed by atoms with Crippen molar-refractivity contribution in [2.45, 2.75) is 70.9 Å². The van der Waals surface area contributed by atoms with E-state index in [4.69, 9.17) is 4.74 Å². The van der Waals surface area contributed by atoms with Crippen molar-refractivity contribution in [2.24, 2.45) is 11.8 Å². The van der Waals surface area contributed by atoms with Crippen molar-refractivity contribution < 1.29 is 9.53 Å². The normalized spacial score (nSPS) is 26.9. The highest BCUT2D eigenvalue weighted by atomic mass is 16.5. The Balaban J connectivity index is 1.37. The summed E-state index contributed by atoms with van der Waals surface area (Å²) in [5.74, 6) is 2.78. The first-order chi connectivity index (χ1) is 13.6. The zero-order valence-electron chi connectivity index (χ0n) is 17.7. The summed E-state index contributed by atoms with van der Waals surface area (Å²) in [4.78, 5) is 17.6. The Morgan fingerprint density at radius 3 is 2.68 bits per heavy atom. The van der Waals surface area contributed by atoms with Crippen LogP contribution < -0.4 is 4.74 Å². The van der Waals surface area contributed by atoms with Gasteiger partial charge in [-0.1, -0.05) is 31.4 Å². The van der Waals surface area contributed by atoms with Crippen LogP contribution in [0.5, 0.6) is 5.75 Å². The molecule has 1 aromatic rings. The van der Waals surface area contributed by atoms with Crippen LogP contribution in [0.1, 0.15) is 62.5 Å². The minimum atomic E-state index is 0.422. The second-order valence-electron chi connectivity index (χ2n) is 9.24. The van der Waals surface area contributed by atoms with Gasteiger partial charge in [-0.25, -0.2) is 0 Å². The van der Waals surface area contributed by atoms with Gasteiger partial charge in [0, 0.05) is 38.6 Å². The summed E-state index contributed by atoms with van der Waals surface area (Å²) in [6.07, 6.45) is 9.71. The first-order valence-electron chi connectivity index (χ1n) is 11.3. The molecule has 1 aliphatic carbocycles. The number of amides is 1. The fourth-order valence-electron chi connectivity index (χ4n) is 5.75. The number of aryl methyl sites for hydroxylation is 1. The van der Waals surface area contributed by atoms with E-state index in [0.717, 1.165) is 57.1 Å². The van der Waals surface area contributed by atoms with Gasteiger partial charge >= 0.3 is 0 Å². The molecule has 4 nitrogen and oxygen atoms in total. The number of carbonyl (C=O) groups excluding carboxylic acids is 1. The van der Waals surface area contributed by atoms with Gasteiger partial charge in [-0.05, 0) is 61.6 Å². The Morgan fingerprint density at radius 1 is 1.11 bits per heavy atom. The van der Waals surface area contributed by atoms with E-state index >= 15 is 0 Å². The van der Waals surface area contributed by atoms with E-state index in [1.54, 1.807) is 7.11 Å². The van der Waals surface area contributed by atoms with Crippen molar-refractivity contribution in [3.63, 3.8) is 0 Å². The highest BCUT2D eigenvalue weighted by Gasteiger charge is 2.39. The van der Waals surface area contributed by atoms with Crippen LogP contribution in [-0.2, 0) is 11.3 Å². The maximum atomic E-state index is 12.7. The van der Waals surface area contributed by atoms with Crippen LogP contribution in [0, 0.1) is 18.8 Å². The van der Waals surface area contributed by atoms with Crippen molar-refractivity contribution in [3.05, 3.63) is 29.3 Å². The molecule has 154 valence electrons. The second-order valence-corrected chi connectivity index (χ2v) is 9.24. The largest absolute Gasteiger partial charge is 0.496 e. The van der Waals surface area contributed by atoms with Crippen molar-refractivity contribution in [1.82, 2.24) is 9.80 Å². The average Bonchev–Trinajstić information content (AvgIpc) is 2.71. The molecular formula is C24H36N2O2. The lowest BCUT2D eigenvalue weighted by molar-refractivity contribution is -0.142. The van der Waals surface area contributed by atoms with E-state index in [0.29, 0.717) is 17.9 Å². The Hall–Kier alpha value is -1.55. The molecule has 1 saturated carbocycles. The van der Waals surface area contributed by atoms with Gasteiger partial charge in [0.1, 0.15) is 5.75 Å². The maximum absolute atomic E-state index is 12.7. The van der Waals surface area contributed by atoms with Crippen LogP contribution in [-0.4, -0.2) is 48.5 Å².